The van der Waals surface area contributed by atoms with Crippen LogP contribution in [0.5, 0.6) is 0 Å². The molecular formula is C21H27N5. The summed E-state index contributed by atoms with van der Waals surface area (Å²) in [4.78, 5) is 3.97. The van der Waals surface area contributed by atoms with E-state index in [2.05, 4.69) is 67.6 Å². The number of nitrogens with zero attached hydrogens (tertiary/aromatic N) is 4. The highest BCUT2D eigenvalue weighted by molar-refractivity contribution is 5.60. The molecule has 0 atom stereocenters. The van der Waals surface area contributed by atoms with Crippen molar-refractivity contribution in [3.8, 4) is 11.3 Å². The van der Waals surface area contributed by atoms with Crippen molar-refractivity contribution in [1.82, 2.24) is 25.2 Å². The van der Waals surface area contributed by atoms with Crippen molar-refractivity contribution in [3.05, 3.63) is 71.4 Å². The molecule has 0 saturated carbocycles. The van der Waals surface area contributed by atoms with Gasteiger partial charge in [-0.2, -0.15) is 15.0 Å². The quantitative estimate of drug-likeness (QED) is 0.635. The molecule has 5 heteroatoms. The minimum atomic E-state index is 0.678. The van der Waals surface area contributed by atoms with Gasteiger partial charge in [0.2, 0.25) is 0 Å². The molecule has 2 aromatic carbocycles. The summed E-state index contributed by atoms with van der Waals surface area (Å²) in [6, 6.07) is 18.8. The summed E-state index contributed by atoms with van der Waals surface area (Å²) in [7, 11) is 4.16. The van der Waals surface area contributed by atoms with Gasteiger partial charge in [-0.05, 0) is 26.6 Å². The third-order valence-electron chi connectivity index (χ3n) is 4.24. The number of aromatic nitrogens is 3. The third-order valence-corrected chi connectivity index (χ3v) is 4.24. The molecular weight excluding hydrogens is 322 g/mol. The molecule has 0 aliphatic carbocycles. The van der Waals surface area contributed by atoms with Crippen molar-refractivity contribution in [3.63, 3.8) is 0 Å². The Morgan fingerprint density at radius 2 is 1.69 bits per heavy atom. The lowest BCUT2D eigenvalue weighted by Crippen LogP contribution is -2.26. The summed E-state index contributed by atoms with van der Waals surface area (Å²) in [6.45, 7) is 5.41. The average molecular weight is 349 g/mol. The number of hydrogen-bond donors (Lipinski definition) is 1. The molecule has 0 spiro atoms. The van der Waals surface area contributed by atoms with Crippen LogP contribution in [-0.2, 0) is 13.1 Å². The Kier molecular flexibility index (Phi) is 6.15. The predicted octanol–water partition coefficient (Wildman–Crippen LogP) is 2.95. The first kappa shape index (κ1) is 18.3. The Balaban J connectivity index is 1.79. The van der Waals surface area contributed by atoms with Gasteiger partial charge in [0, 0.05) is 25.2 Å². The highest BCUT2D eigenvalue weighted by Crippen LogP contribution is 2.20. The van der Waals surface area contributed by atoms with E-state index in [4.69, 9.17) is 10.2 Å². The van der Waals surface area contributed by atoms with Gasteiger partial charge in [0.25, 0.3) is 0 Å². The van der Waals surface area contributed by atoms with E-state index in [1.165, 1.54) is 11.1 Å². The van der Waals surface area contributed by atoms with Crippen molar-refractivity contribution in [1.29, 1.82) is 0 Å². The third kappa shape index (κ3) is 5.00. The van der Waals surface area contributed by atoms with Gasteiger partial charge in [-0.1, -0.05) is 60.2 Å². The highest BCUT2D eigenvalue weighted by atomic mass is 15.5. The number of likely N-dealkylation sites (N-methyl/N-ethyl adjacent to an activating group) is 1. The molecule has 0 radical (unpaired) electrons. The fourth-order valence-corrected chi connectivity index (χ4v) is 2.76. The van der Waals surface area contributed by atoms with Gasteiger partial charge in [0.05, 0.1) is 6.54 Å². The van der Waals surface area contributed by atoms with Crippen molar-refractivity contribution >= 4 is 0 Å². The fraction of sp³-hybridized carbons (Fsp3) is 0.333. The van der Waals surface area contributed by atoms with E-state index in [1.54, 1.807) is 4.80 Å². The predicted molar refractivity (Wildman–Crippen MR) is 106 cm³/mol. The molecule has 0 fully saturated rings. The average Bonchev–Trinajstić information content (AvgIpc) is 3.04. The lowest BCUT2D eigenvalue weighted by molar-refractivity contribution is 0.399. The standard InChI is InChI=1S/C21H27N5/c1-17-9-11-18(12-10-17)16-26-23-20(15-22-13-14-25(2)3)21(24-26)19-7-5-4-6-8-19/h4-12,22H,13-16H2,1-3H3. The van der Waals surface area contributed by atoms with Crippen molar-refractivity contribution < 1.29 is 0 Å². The topological polar surface area (TPSA) is 46.0 Å². The molecule has 1 heterocycles. The zero-order valence-electron chi connectivity index (χ0n) is 15.8. The maximum Gasteiger partial charge on any atom is 0.117 e. The monoisotopic (exact) mass is 349 g/mol. The van der Waals surface area contributed by atoms with Crippen LogP contribution in [0.1, 0.15) is 16.8 Å². The first-order chi connectivity index (χ1) is 12.6. The van der Waals surface area contributed by atoms with Crippen molar-refractivity contribution in [2.24, 2.45) is 0 Å². The Hall–Kier alpha value is -2.50. The molecule has 0 aliphatic rings. The van der Waals surface area contributed by atoms with Gasteiger partial charge in [0.15, 0.2) is 0 Å². The number of nitrogens with one attached hydrogen (secondary N) is 1. The maximum atomic E-state index is 4.77. The second-order valence-electron chi connectivity index (χ2n) is 6.86. The van der Waals surface area contributed by atoms with E-state index in [-0.39, 0.29) is 0 Å². The van der Waals surface area contributed by atoms with Gasteiger partial charge >= 0.3 is 0 Å². The molecule has 136 valence electrons. The van der Waals surface area contributed by atoms with Gasteiger partial charge in [-0.15, -0.1) is 0 Å². The van der Waals surface area contributed by atoms with Crippen LogP contribution in [0.4, 0.5) is 0 Å². The van der Waals surface area contributed by atoms with Crippen LogP contribution >= 0.6 is 0 Å². The van der Waals surface area contributed by atoms with E-state index in [0.29, 0.717) is 13.1 Å². The Labute approximate surface area is 155 Å². The van der Waals surface area contributed by atoms with Crippen LogP contribution in [0.2, 0.25) is 0 Å². The normalized spacial score (nSPS) is 11.2. The molecule has 1 aromatic heterocycles. The molecule has 0 bridgehead atoms. The van der Waals surface area contributed by atoms with Crippen LogP contribution in [0.3, 0.4) is 0 Å². The fourth-order valence-electron chi connectivity index (χ4n) is 2.76. The van der Waals surface area contributed by atoms with Gasteiger partial charge < -0.3 is 10.2 Å². The Morgan fingerprint density at radius 3 is 2.38 bits per heavy atom. The van der Waals surface area contributed by atoms with E-state index in [1.807, 2.05) is 18.2 Å². The molecule has 5 nitrogen and oxygen atoms in total. The lowest BCUT2D eigenvalue weighted by atomic mass is 10.1. The first-order valence-electron chi connectivity index (χ1n) is 9.02. The molecule has 0 saturated heterocycles. The van der Waals surface area contributed by atoms with E-state index < -0.39 is 0 Å². The van der Waals surface area contributed by atoms with Crippen LogP contribution < -0.4 is 5.32 Å². The molecule has 0 aliphatic heterocycles. The zero-order chi connectivity index (χ0) is 18.4. The van der Waals surface area contributed by atoms with E-state index in [0.717, 1.165) is 30.0 Å². The van der Waals surface area contributed by atoms with Crippen LogP contribution in [0.25, 0.3) is 11.3 Å². The van der Waals surface area contributed by atoms with Gasteiger partial charge in [0.1, 0.15) is 11.4 Å². The molecule has 3 aromatic rings. The number of benzene rings is 2. The largest absolute Gasteiger partial charge is 0.310 e. The second kappa shape index (κ2) is 8.74. The maximum absolute atomic E-state index is 4.77. The minimum absolute atomic E-state index is 0.678. The number of rotatable bonds is 8. The van der Waals surface area contributed by atoms with E-state index >= 15 is 0 Å². The minimum Gasteiger partial charge on any atom is -0.310 e. The second-order valence-corrected chi connectivity index (χ2v) is 6.86. The Morgan fingerprint density at radius 1 is 0.962 bits per heavy atom. The highest BCUT2D eigenvalue weighted by Gasteiger charge is 2.13. The number of hydrogen-bond acceptors (Lipinski definition) is 4. The van der Waals surface area contributed by atoms with Crippen molar-refractivity contribution in [2.45, 2.75) is 20.0 Å². The summed E-state index contributed by atoms with van der Waals surface area (Å²) >= 11 is 0. The van der Waals surface area contributed by atoms with Crippen LogP contribution in [-0.4, -0.2) is 47.1 Å². The lowest BCUT2D eigenvalue weighted by Gasteiger charge is -2.09. The molecule has 3 rings (SSSR count). The summed E-state index contributed by atoms with van der Waals surface area (Å²) < 4.78 is 0. The summed E-state index contributed by atoms with van der Waals surface area (Å²) in [5.74, 6) is 0. The smallest absolute Gasteiger partial charge is 0.117 e. The number of aryl methyl sites for hydroxylation is 1. The molecule has 1 N–H and O–H groups in total. The van der Waals surface area contributed by atoms with E-state index in [9.17, 15) is 0 Å². The summed E-state index contributed by atoms with van der Waals surface area (Å²) in [5.41, 5.74) is 5.51. The SMILES string of the molecule is Cc1ccc(Cn2nc(CNCCN(C)C)c(-c3ccccc3)n2)cc1. The zero-order valence-corrected chi connectivity index (χ0v) is 15.8. The van der Waals surface area contributed by atoms with Gasteiger partial charge in [-0.25, -0.2) is 0 Å². The summed E-state index contributed by atoms with van der Waals surface area (Å²) in [6.07, 6.45) is 0. The summed E-state index contributed by atoms with van der Waals surface area (Å²) in [5, 5.41) is 13.0. The molecule has 26 heavy (non-hydrogen) atoms. The molecule has 0 amide bonds. The van der Waals surface area contributed by atoms with Crippen LogP contribution in [0.15, 0.2) is 54.6 Å². The van der Waals surface area contributed by atoms with Crippen LogP contribution in [0, 0.1) is 6.92 Å². The molecule has 0 unspecified atom stereocenters. The van der Waals surface area contributed by atoms with Crippen molar-refractivity contribution in [2.75, 3.05) is 27.2 Å². The Bertz CT molecular complexity index is 806. The van der Waals surface area contributed by atoms with Gasteiger partial charge in [-0.3, -0.25) is 0 Å². The first-order valence-corrected chi connectivity index (χ1v) is 9.02.